The molecular formula is C27H26N2O5S. The Balaban J connectivity index is 1.35. The van der Waals surface area contributed by atoms with E-state index < -0.39 is 10.0 Å². The second kappa shape index (κ2) is 10.6. The fourth-order valence-corrected chi connectivity index (χ4v) is 4.56. The molecule has 0 unspecified atom stereocenters. The van der Waals surface area contributed by atoms with Gasteiger partial charge in [-0.2, -0.15) is 0 Å². The first kappa shape index (κ1) is 24.3. The number of fused-ring (bicyclic) bond motifs is 1. The number of furan rings is 1. The third-order valence-corrected chi connectivity index (χ3v) is 6.95. The highest BCUT2D eigenvalue weighted by Crippen LogP contribution is 2.22. The van der Waals surface area contributed by atoms with Gasteiger partial charge in [-0.05, 0) is 70.4 Å². The molecule has 1 heterocycles. The van der Waals surface area contributed by atoms with E-state index in [-0.39, 0.29) is 17.3 Å². The summed E-state index contributed by atoms with van der Waals surface area (Å²) < 4.78 is 37.8. The lowest BCUT2D eigenvalue weighted by Gasteiger charge is -2.16. The van der Waals surface area contributed by atoms with Gasteiger partial charge in [-0.3, -0.25) is 4.79 Å². The Kier molecular flexibility index (Phi) is 7.33. The van der Waals surface area contributed by atoms with Crippen LogP contribution in [0.4, 0.5) is 0 Å². The molecule has 0 saturated carbocycles. The van der Waals surface area contributed by atoms with Crippen LogP contribution in [-0.4, -0.2) is 33.4 Å². The SMILES string of the molecule is COc1ccc2cc(CN(C)C(=O)/C=C/c3ccc(S(=O)(=O)NCc4ccco4)cc3)ccc2c1. The first-order valence-corrected chi connectivity index (χ1v) is 12.4. The summed E-state index contributed by atoms with van der Waals surface area (Å²) in [4.78, 5) is 14.4. The van der Waals surface area contributed by atoms with Crippen molar-refractivity contribution in [1.29, 1.82) is 0 Å². The lowest BCUT2D eigenvalue weighted by molar-refractivity contribution is -0.125. The number of nitrogens with one attached hydrogen (secondary N) is 1. The van der Waals surface area contributed by atoms with Gasteiger partial charge in [-0.15, -0.1) is 0 Å². The van der Waals surface area contributed by atoms with Gasteiger partial charge in [0.2, 0.25) is 15.9 Å². The molecule has 3 aromatic carbocycles. The van der Waals surface area contributed by atoms with Crippen LogP contribution in [0.25, 0.3) is 16.8 Å². The molecule has 8 heteroatoms. The molecule has 1 aromatic heterocycles. The van der Waals surface area contributed by atoms with E-state index in [4.69, 9.17) is 9.15 Å². The molecule has 180 valence electrons. The summed E-state index contributed by atoms with van der Waals surface area (Å²) in [7, 11) is -0.287. The summed E-state index contributed by atoms with van der Waals surface area (Å²) in [6.07, 6.45) is 4.63. The van der Waals surface area contributed by atoms with Crippen LogP contribution < -0.4 is 9.46 Å². The van der Waals surface area contributed by atoms with Crippen LogP contribution in [0, 0.1) is 0 Å². The average molecular weight is 491 g/mol. The van der Waals surface area contributed by atoms with E-state index in [9.17, 15) is 13.2 Å². The number of amides is 1. The predicted octanol–water partition coefficient (Wildman–Crippen LogP) is 4.59. The van der Waals surface area contributed by atoms with E-state index in [1.165, 1.54) is 24.5 Å². The van der Waals surface area contributed by atoms with Crippen molar-refractivity contribution in [3.8, 4) is 5.75 Å². The zero-order chi connectivity index (χ0) is 24.8. The number of rotatable bonds is 9. The molecule has 35 heavy (non-hydrogen) atoms. The van der Waals surface area contributed by atoms with Gasteiger partial charge >= 0.3 is 0 Å². The summed E-state index contributed by atoms with van der Waals surface area (Å²) in [6, 6.07) is 21.7. The average Bonchev–Trinajstić information content (AvgIpc) is 3.40. The summed E-state index contributed by atoms with van der Waals surface area (Å²) in [5, 5.41) is 2.15. The minimum Gasteiger partial charge on any atom is -0.497 e. The van der Waals surface area contributed by atoms with Gasteiger partial charge in [0, 0.05) is 19.7 Å². The molecule has 0 fully saturated rings. The summed E-state index contributed by atoms with van der Waals surface area (Å²) in [5.41, 5.74) is 1.74. The Morgan fingerprint density at radius 3 is 2.49 bits per heavy atom. The third kappa shape index (κ3) is 6.17. The lowest BCUT2D eigenvalue weighted by atomic mass is 10.1. The molecule has 1 N–H and O–H groups in total. The van der Waals surface area contributed by atoms with Crippen LogP contribution in [0.15, 0.2) is 94.4 Å². The number of methoxy groups -OCH3 is 1. The number of nitrogens with zero attached hydrogens (tertiary/aromatic N) is 1. The van der Waals surface area contributed by atoms with E-state index in [2.05, 4.69) is 10.8 Å². The number of sulfonamides is 1. The zero-order valence-electron chi connectivity index (χ0n) is 19.5. The van der Waals surface area contributed by atoms with E-state index in [0.29, 0.717) is 12.3 Å². The molecule has 0 saturated heterocycles. The van der Waals surface area contributed by atoms with Gasteiger partial charge in [0.15, 0.2) is 0 Å². The number of ether oxygens (including phenoxy) is 1. The first-order chi connectivity index (χ1) is 16.8. The van der Waals surface area contributed by atoms with Gasteiger partial charge in [-0.25, -0.2) is 13.1 Å². The Labute approximate surface area is 204 Å². The Morgan fingerprint density at radius 1 is 1.03 bits per heavy atom. The minimum atomic E-state index is -3.67. The number of likely N-dealkylation sites (N-methyl/N-ethyl adjacent to an activating group) is 1. The Bertz CT molecular complexity index is 1440. The monoisotopic (exact) mass is 490 g/mol. The molecule has 4 aromatic rings. The van der Waals surface area contributed by atoms with Gasteiger partial charge in [0.05, 0.1) is 24.8 Å². The van der Waals surface area contributed by atoms with E-state index >= 15 is 0 Å². The maximum absolute atomic E-state index is 12.6. The zero-order valence-corrected chi connectivity index (χ0v) is 20.3. The summed E-state index contributed by atoms with van der Waals surface area (Å²) >= 11 is 0. The highest BCUT2D eigenvalue weighted by atomic mass is 32.2. The van der Waals surface area contributed by atoms with Crippen molar-refractivity contribution in [1.82, 2.24) is 9.62 Å². The number of hydrogen-bond acceptors (Lipinski definition) is 5. The summed E-state index contributed by atoms with van der Waals surface area (Å²) in [6.45, 7) is 0.535. The topological polar surface area (TPSA) is 88.8 Å². The van der Waals surface area contributed by atoms with Crippen LogP contribution in [0.1, 0.15) is 16.9 Å². The van der Waals surface area contributed by atoms with Crippen molar-refractivity contribution in [3.63, 3.8) is 0 Å². The smallest absolute Gasteiger partial charge is 0.246 e. The van der Waals surface area contributed by atoms with Crippen LogP contribution in [-0.2, 0) is 27.9 Å². The Morgan fingerprint density at radius 2 is 1.77 bits per heavy atom. The highest BCUT2D eigenvalue weighted by Gasteiger charge is 2.14. The number of carbonyl (C=O) groups excluding carboxylic acids is 1. The maximum atomic E-state index is 12.6. The molecule has 0 spiro atoms. The fraction of sp³-hybridized carbons (Fsp3) is 0.148. The lowest BCUT2D eigenvalue weighted by Crippen LogP contribution is -2.24. The van der Waals surface area contributed by atoms with Crippen molar-refractivity contribution >= 4 is 32.8 Å². The maximum Gasteiger partial charge on any atom is 0.246 e. The molecule has 1 amide bonds. The number of carbonyl (C=O) groups is 1. The number of hydrogen-bond donors (Lipinski definition) is 1. The second-order valence-corrected chi connectivity index (χ2v) is 9.81. The quantitative estimate of drug-likeness (QED) is 0.347. The summed E-state index contributed by atoms with van der Waals surface area (Å²) in [5.74, 6) is 1.18. The molecule has 0 atom stereocenters. The van der Waals surface area contributed by atoms with E-state index in [0.717, 1.165) is 27.6 Å². The molecule has 0 aliphatic heterocycles. The predicted molar refractivity (Wildman–Crippen MR) is 135 cm³/mol. The van der Waals surface area contributed by atoms with Gasteiger partial charge in [0.1, 0.15) is 11.5 Å². The molecule has 7 nitrogen and oxygen atoms in total. The minimum absolute atomic E-state index is 0.0726. The molecule has 0 radical (unpaired) electrons. The van der Waals surface area contributed by atoms with Gasteiger partial charge in [0.25, 0.3) is 0 Å². The van der Waals surface area contributed by atoms with Crippen molar-refractivity contribution in [2.75, 3.05) is 14.2 Å². The van der Waals surface area contributed by atoms with Crippen molar-refractivity contribution in [2.45, 2.75) is 18.0 Å². The van der Waals surface area contributed by atoms with Crippen molar-refractivity contribution in [3.05, 3.63) is 102 Å². The number of benzene rings is 3. The van der Waals surface area contributed by atoms with Crippen LogP contribution >= 0.6 is 0 Å². The largest absolute Gasteiger partial charge is 0.497 e. The first-order valence-electron chi connectivity index (χ1n) is 11.0. The van der Waals surface area contributed by atoms with Crippen molar-refractivity contribution in [2.24, 2.45) is 0 Å². The Hall–Kier alpha value is -3.88. The third-order valence-electron chi connectivity index (χ3n) is 5.53. The second-order valence-electron chi connectivity index (χ2n) is 8.05. The molecule has 0 aliphatic rings. The fourth-order valence-electron chi connectivity index (χ4n) is 3.57. The van der Waals surface area contributed by atoms with Crippen LogP contribution in [0.5, 0.6) is 5.75 Å². The van der Waals surface area contributed by atoms with Crippen LogP contribution in [0.2, 0.25) is 0 Å². The normalized spacial score (nSPS) is 11.7. The van der Waals surface area contributed by atoms with E-state index in [1.54, 1.807) is 49.4 Å². The molecular weight excluding hydrogens is 464 g/mol. The molecule has 0 aliphatic carbocycles. The standard InChI is InChI=1S/C27H26N2O5S/c1-29(19-21-5-9-23-17-24(33-2)11-10-22(23)16-21)27(30)14-8-20-6-12-26(13-7-20)35(31,32)28-18-25-4-3-15-34-25/h3-17,28H,18-19H2,1-2H3/b14-8+. The van der Waals surface area contributed by atoms with Gasteiger partial charge < -0.3 is 14.1 Å². The highest BCUT2D eigenvalue weighted by molar-refractivity contribution is 7.89. The van der Waals surface area contributed by atoms with Crippen LogP contribution in [0.3, 0.4) is 0 Å². The van der Waals surface area contributed by atoms with Gasteiger partial charge in [-0.1, -0.05) is 30.3 Å². The molecule has 0 bridgehead atoms. The van der Waals surface area contributed by atoms with Crippen molar-refractivity contribution < 1.29 is 22.4 Å². The molecule has 4 rings (SSSR count). The van der Waals surface area contributed by atoms with E-state index in [1.807, 2.05) is 30.3 Å².